The lowest BCUT2D eigenvalue weighted by Crippen LogP contribution is -2.41. The van der Waals surface area contributed by atoms with Crippen molar-refractivity contribution in [2.24, 2.45) is 0 Å². The number of imide groups is 1. The Labute approximate surface area is 151 Å². The maximum atomic E-state index is 13.7. The lowest BCUT2D eigenvalue weighted by Gasteiger charge is -2.22. The maximum Gasteiger partial charge on any atom is 0.325 e. The van der Waals surface area contributed by atoms with Crippen LogP contribution in [0, 0.1) is 5.82 Å². The zero-order valence-corrected chi connectivity index (χ0v) is 14.8. The molecule has 2 aromatic carbocycles. The summed E-state index contributed by atoms with van der Waals surface area (Å²) >= 11 is 3.33. The van der Waals surface area contributed by atoms with E-state index in [4.69, 9.17) is 0 Å². The molecule has 0 unspecified atom stereocenters. The first kappa shape index (κ1) is 17.3. The van der Waals surface area contributed by atoms with Gasteiger partial charge in [-0.15, -0.1) is 0 Å². The molecule has 1 N–H and O–H groups in total. The molecule has 0 aromatic heterocycles. The number of nitrogens with zero attached hydrogens (tertiary/aromatic N) is 1. The van der Waals surface area contributed by atoms with Crippen LogP contribution >= 0.6 is 15.9 Å². The fraction of sp³-hybridized carbons (Fsp3) is 0.167. The van der Waals surface area contributed by atoms with E-state index in [2.05, 4.69) is 21.2 Å². The van der Waals surface area contributed by atoms with E-state index >= 15 is 0 Å². The zero-order chi connectivity index (χ0) is 18.2. The normalized spacial score (nSPS) is 19.9. The van der Waals surface area contributed by atoms with E-state index in [1.54, 1.807) is 31.2 Å². The van der Waals surface area contributed by atoms with Gasteiger partial charge in [0.05, 0.1) is 12.1 Å². The number of hydrogen-bond acceptors (Lipinski definition) is 3. The second-order valence-electron chi connectivity index (χ2n) is 5.86. The van der Waals surface area contributed by atoms with Gasteiger partial charge in [-0.05, 0) is 36.8 Å². The lowest BCUT2D eigenvalue weighted by atomic mass is 9.92. The van der Waals surface area contributed by atoms with Crippen LogP contribution in [0.2, 0.25) is 0 Å². The van der Waals surface area contributed by atoms with Crippen LogP contribution in [-0.4, -0.2) is 29.2 Å². The number of carbonyl (C=O) groups excluding carboxylic acids is 3. The first-order valence-corrected chi connectivity index (χ1v) is 8.30. The van der Waals surface area contributed by atoms with E-state index in [9.17, 15) is 18.8 Å². The van der Waals surface area contributed by atoms with Gasteiger partial charge in [0.2, 0.25) is 0 Å². The van der Waals surface area contributed by atoms with Gasteiger partial charge in [0.1, 0.15) is 11.4 Å². The number of amides is 3. The van der Waals surface area contributed by atoms with Crippen molar-refractivity contribution in [1.29, 1.82) is 0 Å². The van der Waals surface area contributed by atoms with E-state index < -0.39 is 35.6 Å². The Kier molecular flexibility index (Phi) is 4.43. The molecule has 0 radical (unpaired) electrons. The van der Waals surface area contributed by atoms with E-state index in [0.29, 0.717) is 5.56 Å². The van der Waals surface area contributed by atoms with Crippen molar-refractivity contribution in [3.63, 3.8) is 0 Å². The van der Waals surface area contributed by atoms with Gasteiger partial charge >= 0.3 is 6.03 Å². The quantitative estimate of drug-likeness (QED) is 0.628. The molecular weight excluding hydrogens is 391 g/mol. The van der Waals surface area contributed by atoms with Gasteiger partial charge in [0.25, 0.3) is 5.91 Å². The monoisotopic (exact) mass is 404 g/mol. The predicted molar refractivity (Wildman–Crippen MR) is 92.5 cm³/mol. The molecule has 2 aromatic rings. The number of benzene rings is 2. The van der Waals surface area contributed by atoms with E-state index in [0.717, 1.165) is 15.4 Å². The number of ketones is 1. The van der Waals surface area contributed by atoms with Crippen molar-refractivity contribution in [2.75, 3.05) is 6.54 Å². The van der Waals surface area contributed by atoms with Gasteiger partial charge < -0.3 is 5.32 Å². The van der Waals surface area contributed by atoms with E-state index in [-0.39, 0.29) is 5.56 Å². The standard InChI is InChI=1S/C18H14BrFN2O3/c1-18(11-5-4-6-12(19)9-11)16(24)22(17(25)21-18)10-15(23)13-7-2-3-8-14(13)20/h2-9H,10H2,1H3,(H,21,25)/t18-/m0/s1. The van der Waals surface area contributed by atoms with Crippen LogP contribution in [0.1, 0.15) is 22.8 Å². The number of Topliss-reactive ketones (excluding diaryl/α,β-unsaturated/α-hetero) is 1. The zero-order valence-electron chi connectivity index (χ0n) is 13.3. The van der Waals surface area contributed by atoms with Gasteiger partial charge in [-0.1, -0.05) is 40.2 Å². The molecule has 1 fully saturated rings. The Bertz CT molecular complexity index is 886. The highest BCUT2D eigenvalue weighted by molar-refractivity contribution is 9.10. The van der Waals surface area contributed by atoms with Crippen LogP contribution in [0.5, 0.6) is 0 Å². The molecule has 0 saturated carbocycles. The molecule has 1 heterocycles. The molecule has 128 valence electrons. The van der Waals surface area contributed by atoms with Crippen molar-refractivity contribution < 1.29 is 18.8 Å². The van der Waals surface area contributed by atoms with E-state index in [1.165, 1.54) is 18.2 Å². The molecular formula is C18H14BrFN2O3. The van der Waals surface area contributed by atoms with Gasteiger partial charge in [0, 0.05) is 4.47 Å². The summed E-state index contributed by atoms with van der Waals surface area (Å²) in [6.07, 6.45) is 0. The van der Waals surface area contributed by atoms with Crippen LogP contribution in [0.3, 0.4) is 0 Å². The summed E-state index contributed by atoms with van der Waals surface area (Å²) in [5, 5.41) is 2.62. The Morgan fingerprint density at radius 1 is 1.20 bits per heavy atom. The van der Waals surface area contributed by atoms with Crippen LogP contribution in [0.15, 0.2) is 53.0 Å². The topological polar surface area (TPSA) is 66.5 Å². The highest BCUT2D eigenvalue weighted by atomic mass is 79.9. The number of carbonyl (C=O) groups is 3. The van der Waals surface area contributed by atoms with Gasteiger partial charge in [0.15, 0.2) is 5.78 Å². The minimum absolute atomic E-state index is 0.154. The van der Waals surface area contributed by atoms with Crippen LogP contribution < -0.4 is 5.32 Å². The molecule has 0 aliphatic carbocycles. The summed E-state index contributed by atoms with van der Waals surface area (Å²) < 4.78 is 14.5. The van der Waals surface area contributed by atoms with Crippen molar-refractivity contribution in [3.8, 4) is 0 Å². The molecule has 0 spiro atoms. The molecule has 1 aliphatic heterocycles. The Morgan fingerprint density at radius 2 is 1.92 bits per heavy atom. The second kappa shape index (κ2) is 6.40. The number of hydrogen-bond donors (Lipinski definition) is 1. The van der Waals surface area contributed by atoms with Crippen LogP contribution in [-0.2, 0) is 10.3 Å². The molecule has 0 bridgehead atoms. The van der Waals surface area contributed by atoms with Crippen molar-refractivity contribution >= 4 is 33.7 Å². The summed E-state index contributed by atoms with van der Waals surface area (Å²) in [5.41, 5.74) is -0.851. The van der Waals surface area contributed by atoms with Crippen LogP contribution in [0.4, 0.5) is 9.18 Å². The fourth-order valence-electron chi connectivity index (χ4n) is 2.75. The summed E-state index contributed by atoms with van der Waals surface area (Å²) in [6, 6.07) is 11.8. The highest BCUT2D eigenvalue weighted by Crippen LogP contribution is 2.30. The molecule has 1 atom stereocenters. The summed E-state index contributed by atoms with van der Waals surface area (Å²) in [5.74, 6) is -1.88. The van der Waals surface area contributed by atoms with E-state index in [1.807, 2.05) is 0 Å². The number of nitrogens with one attached hydrogen (secondary N) is 1. The first-order valence-electron chi connectivity index (χ1n) is 7.51. The van der Waals surface area contributed by atoms with Gasteiger partial charge in [-0.25, -0.2) is 9.18 Å². The SMILES string of the molecule is C[C@@]1(c2cccc(Br)c2)NC(=O)N(CC(=O)c2ccccc2F)C1=O. The smallest absolute Gasteiger partial charge is 0.319 e. The predicted octanol–water partition coefficient (Wildman–Crippen LogP) is 3.24. The summed E-state index contributed by atoms with van der Waals surface area (Å²) in [6.45, 7) is 1.05. The molecule has 3 amide bonds. The maximum absolute atomic E-state index is 13.7. The Hall–Kier alpha value is -2.54. The van der Waals surface area contributed by atoms with Crippen molar-refractivity contribution in [1.82, 2.24) is 10.2 Å². The fourth-order valence-corrected chi connectivity index (χ4v) is 3.15. The molecule has 3 rings (SSSR count). The summed E-state index contributed by atoms with van der Waals surface area (Å²) in [4.78, 5) is 38.1. The molecule has 25 heavy (non-hydrogen) atoms. The third-order valence-corrected chi connectivity index (χ3v) is 4.65. The molecule has 7 heteroatoms. The molecule has 1 saturated heterocycles. The third-order valence-electron chi connectivity index (χ3n) is 4.15. The molecule has 5 nitrogen and oxygen atoms in total. The van der Waals surface area contributed by atoms with Crippen LogP contribution in [0.25, 0.3) is 0 Å². The molecule has 1 aliphatic rings. The largest absolute Gasteiger partial charge is 0.325 e. The average molecular weight is 405 g/mol. The first-order chi connectivity index (χ1) is 11.8. The Balaban J connectivity index is 1.87. The average Bonchev–Trinajstić information content (AvgIpc) is 2.79. The summed E-state index contributed by atoms with van der Waals surface area (Å²) in [7, 11) is 0. The van der Waals surface area contributed by atoms with Crippen molar-refractivity contribution in [2.45, 2.75) is 12.5 Å². The Morgan fingerprint density at radius 3 is 2.60 bits per heavy atom. The number of halogens is 2. The number of rotatable bonds is 4. The second-order valence-corrected chi connectivity index (χ2v) is 6.78. The third kappa shape index (κ3) is 3.07. The van der Waals surface area contributed by atoms with Gasteiger partial charge in [-0.3, -0.25) is 14.5 Å². The minimum atomic E-state index is -1.28. The van der Waals surface area contributed by atoms with Gasteiger partial charge in [-0.2, -0.15) is 0 Å². The number of urea groups is 1. The lowest BCUT2D eigenvalue weighted by molar-refractivity contribution is -0.130. The minimum Gasteiger partial charge on any atom is -0.319 e. The highest BCUT2D eigenvalue weighted by Gasteiger charge is 2.49. The van der Waals surface area contributed by atoms with Crippen molar-refractivity contribution in [3.05, 3.63) is 69.9 Å².